The molecule has 4 aliphatic rings. The van der Waals surface area contributed by atoms with Crippen molar-refractivity contribution < 1.29 is 0 Å². The number of rotatable bonds is 12. The lowest BCUT2D eigenvalue weighted by molar-refractivity contribution is 0.844. The van der Waals surface area contributed by atoms with Gasteiger partial charge in [0.25, 0.3) is 0 Å². The Morgan fingerprint density at radius 2 is 0.409 bits per heavy atom. The van der Waals surface area contributed by atoms with Gasteiger partial charge in [0, 0.05) is 0 Å². The maximum atomic E-state index is 2.69. The molecule has 66 heavy (non-hydrogen) atoms. The molecular formula is C66H54. The minimum atomic E-state index is 1.04. The molecule has 0 heteroatoms. The molecule has 0 heterocycles. The van der Waals surface area contributed by atoms with E-state index in [1.807, 2.05) is 0 Å². The SMILES string of the molecule is c1ccc2c(c1)Cc1c(CCc3cc(CCc4cccc5c4Cc4ccccc4-5)c(CCc4cccc5c4Cc4ccccc4-5)cc3CCc3cccc4c3Cc3ccccc3-4)cccc1-2. The molecule has 0 radical (unpaired) electrons. The van der Waals surface area contributed by atoms with E-state index in [1.54, 1.807) is 22.3 Å². The summed E-state index contributed by atoms with van der Waals surface area (Å²) in [6.45, 7) is 0. The highest BCUT2D eigenvalue weighted by Crippen LogP contribution is 2.43. The number of benzene rings is 9. The van der Waals surface area contributed by atoms with E-state index in [-0.39, 0.29) is 0 Å². The monoisotopic (exact) mass is 846 g/mol. The molecule has 0 N–H and O–H groups in total. The third-order valence-electron chi connectivity index (χ3n) is 16.0. The molecular weight excluding hydrogens is 793 g/mol. The zero-order valence-electron chi connectivity index (χ0n) is 37.8. The second-order valence-electron chi connectivity index (χ2n) is 19.5. The molecule has 0 aliphatic heterocycles. The van der Waals surface area contributed by atoms with Gasteiger partial charge in [0.05, 0.1) is 0 Å². The van der Waals surface area contributed by atoms with Gasteiger partial charge in [-0.1, -0.05) is 182 Å². The fraction of sp³-hybridized carbons (Fsp3) is 0.182. The topological polar surface area (TPSA) is 0 Å². The lowest BCUT2D eigenvalue weighted by atomic mass is 9.85. The third kappa shape index (κ3) is 6.89. The zero-order chi connectivity index (χ0) is 43.6. The van der Waals surface area contributed by atoms with Crippen molar-refractivity contribution in [1.82, 2.24) is 0 Å². The van der Waals surface area contributed by atoms with E-state index < -0.39 is 0 Å². The molecule has 0 aromatic heterocycles. The summed E-state index contributed by atoms with van der Waals surface area (Å²) in [5, 5.41) is 0. The van der Waals surface area contributed by atoms with Crippen LogP contribution in [0.25, 0.3) is 44.5 Å². The molecule has 318 valence electrons. The van der Waals surface area contributed by atoms with Crippen LogP contribution in [-0.2, 0) is 77.0 Å². The van der Waals surface area contributed by atoms with Crippen molar-refractivity contribution in [2.75, 3.05) is 0 Å². The average molecular weight is 847 g/mol. The summed E-state index contributed by atoms with van der Waals surface area (Å²) in [6, 6.07) is 69.8. The van der Waals surface area contributed by atoms with Gasteiger partial charge in [0.2, 0.25) is 0 Å². The van der Waals surface area contributed by atoms with Crippen molar-refractivity contribution in [3.05, 3.63) is 271 Å². The minimum Gasteiger partial charge on any atom is -0.0619 e. The first-order valence-electron chi connectivity index (χ1n) is 24.6. The van der Waals surface area contributed by atoms with Crippen LogP contribution in [0.3, 0.4) is 0 Å². The number of hydrogen-bond donors (Lipinski definition) is 0. The molecule has 0 unspecified atom stereocenters. The van der Waals surface area contributed by atoms with Gasteiger partial charge in [-0.25, -0.2) is 0 Å². The summed E-state index contributed by atoms with van der Waals surface area (Å²) in [5.41, 5.74) is 35.6. The Labute approximate surface area is 390 Å². The van der Waals surface area contributed by atoms with E-state index in [0.29, 0.717) is 0 Å². The molecule has 4 aliphatic carbocycles. The first-order chi connectivity index (χ1) is 32.7. The van der Waals surface area contributed by atoms with Crippen molar-refractivity contribution in [1.29, 1.82) is 0 Å². The minimum absolute atomic E-state index is 1.04. The molecule has 13 rings (SSSR count). The Kier molecular flexibility index (Phi) is 9.81. The maximum Gasteiger partial charge on any atom is -0.00107 e. The molecule has 0 atom stereocenters. The van der Waals surface area contributed by atoms with E-state index in [0.717, 1.165) is 77.0 Å². The molecule has 0 nitrogen and oxygen atoms in total. The lowest BCUT2D eigenvalue weighted by Crippen LogP contribution is -2.08. The van der Waals surface area contributed by atoms with E-state index in [4.69, 9.17) is 0 Å². The lowest BCUT2D eigenvalue weighted by Gasteiger charge is -2.20. The van der Waals surface area contributed by atoms with Crippen molar-refractivity contribution in [3.8, 4) is 44.5 Å². The Morgan fingerprint density at radius 1 is 0.197 bits per heavy atom. The van der Waals surface area contributed by atoms with Gasteiger partial charge in [-0.3, -0.25) is 0 Å². The van der Waals surface area contributed by atoms with Gasteiger partial charge in [0.1, 0.15) is 0 Å². The molecule has 0 saturated carbocycles. The predicted molar refractivity (Wildman–Crippen MR) is 275 cm³/mol. The first kappa shape index (κ1) is 39.4. The summed E-state index contributed by atoms with van der Waals surface area (Å²) in [6.07, 6.45) is 12.6. The van der Waals surface area contributed by atoms with E-state index in [9.17, 15) is 0 Å². The van der Waals surface area contributed by atoms with Gasteiger partial charge in [-0.15, -0.1) is 0 Å². The molecule has 0 spiro atoms. The average Bonchev–Trinajstić information content (AvgIpc) is 4.15. The quantitative estimate of drug-likeness (QED) is 0.115. The van der Waals surface area contributed by atoms with Gasteiger partial charge in [0.15, 0.2) is 0 Å². The molecule has 0 fully saturated rings. The van der Waals surface area contributed by atoms with E-state index >= 15 is 0 Å². The zero-order valence-corrected chi connectivity index (χ0v) is 37.8. The van der Waals surface area contributed by atoms with Gasteiger partial charge in [-0.05, 0) is 211 Å². The standard InChI is InChI=1S/C66H54/c1-5-21-55-51(13-1)39-63-43(17-9-25-59(55)63)29-33-47-37-49(35-31-45-19-11-27-61-57-23-7-3-15-53(57)41-65(45)61)50(36-32-46-20-12-28-62-58-24-8-4-16-54(58)42-66(46)62)38-48(47)34-30-44-18-10-26-60-56-22-6-2-14-52(56)40-64(44)60/h1-28,37-38H,29-36,39-42H2. The first-order valence-corrected chi connectivity index (χ1v) is 24.6. The van der Waals surface area contributed by atoms with Crippen LogP contribution >= 0.6 is 0 Å². The summed E-state index contributed by atoms with van der Waals surface area (Å²) >= 11 is 0. The summed E-state index contributed by atoms with van der Waals surface area (Å²) in [5.74, 6) is 0. The van der Waals surface area contributed by atoms with Gasteiger partial charge in [-0.2, -0.15) is 0 Å². The number of fused-ring (bicyclic) bond motifs is 12. The molecule has 0 bridgehead atoms. The third-order valence-corrected chi connectivity index (χ3v) is 16.0. The Hall–Kier alpha value is -7.02. The van der Waals surface area contributed by atoms with Crippen molar-refractivity contribution in [2.45, 2.75) is 77.0 Å². The van der Waals surface area contributed by atoms with Crippen LogP contribution in [0.15, 0.2) is 182 Å². The van der Waals surface area contributed by atoms with Crippen molar-refractivity contribution >= 4 is 0 Å². The van der Waals surface area contributed by atoms with Crippen LogP contribution in [0.2, 0.25) is 0 Å². The van der Waals surface area contributed by atoms with Crippen LogP contribution in [0.5, 0.6) is 0 Å². The predicted octanol–water partition coefficient (Wildman–Crippen LogP) is 15.1. The molecule has 0 amide bonds. The van der Waals surface area contributed by atoms with Gasteiger partial charge >= 0.3 is 0 Å². The Bertz CT molecular complexity index is 2930. The van der Waals surface area contributed by atoms with Crippen LogP contribution in [0, 0.1) is 0 Å². The van der Waals surface area contributed by atoms with E-state index in [1.165, 1.54) is 111 Å². The fourth-order valence-electron chi connectivity index (χ4n) is 12.6. The normalized spacial score (nSPS) is 13.1. The molecule has 0 saturated heterocycles. The summed E-state index contributed by atoms with van der Waals surface area (Å²) < 4.78 is 0. The molecule has 9 aromatic carbocycles. The second-order valence-corrected chi connectivity index (χ2v) is 19.5. The highest BCUT2D eigenvalue weighted by molar-refractivity contribution is 5.81. The number of hydrogen-bond acceptors (Lipinski definition) is 0. The Morgan fingerprint density at radius 3 is 0.667 bits per heavy atom. The smallest absolute Gasteiger partial charge is 0.00107 e. The van der Waals surface area contributed by atoms with Crippen molar-refractivity contribution in [2.24, 2.45) is 0 Å². The van der Waals surface area contributed by atoms with Crippen LogP contribution in [-0.4, -0.2) is 0 Å². The van der Waals surface area contributed by atoms with Gasteiger partial charge < -0.3 is 0 Å². The second kappa shape index (κ2) is 16.4. The molecule has 9 aromatic rings. The van der Waals surface area contributed by atoms with Crippen LogP contribution in [0.4, 0.5) is 0 Å². The summed E-state index contributed by atoms with van der Waals surface area (Å²) in [7, 11) is 0. The highest BCUT2D eigenvalue weighted by Gasteiger charge is 2.25. The maximum absolute atomic E-state index is 2.69. The van der Waals surface area contributed by atoms with Crippen molar-refractivity contribution in [3.63, 3.8) is 0 Å². The van der Waals surface area contributed by atoms with Crippen LogP contribution in [0.1, 0.15) is 89.0 Å². The summed E-state index contributed by atoms with van der Waals surface area (Å²) in [4.78, 5) is 0. The highest BCUT2D eigenvalue weighted by atomic mass is 14.3. The largest absolute Gasteiger partial charge is 0.0619 e. The van der Waals surface area contributed by atoms with Crippen LogP contribution < -0.4 is 0 Å². The number of aryl methyl sites for hydroxylation is 8. The fourth-order valence-corrected chi connectivity index (χ4v) is 12.6. The van der Waals surface area contributed by atoms with E-state index in [2.05, 4.69) is 182 Å². The Balaban J connectivity index is 0.873.